The Bertz CT molecular complexity index is 1130. The maximum absolute atomic E-state index is 13.9. The fourth-order valence-corrected chi connectivity index (χ4v) is 7.52. The summed E-state index contributed by atoms with van der Waals surface area (Å²) >= 11 is 7.56. The molecule has 0 fully saturated rings. The third-order valence-corrected chi connectivity index (χ3v) is 9.47. The predicted molar refractivity (Wildman–Crippen MR) is 143 cm³/mol. The Morgan fingerprint density at radius 1 is 1.14 bits per heavy atom. The Morgan fingerprint density at radius 2 is 1.77 bits per heavy atom. The Hall–Kier alpha value is -1.90. The summed E-state index contributed by atoms with van der Waals surface area (Å²) in [5, 5.41) is 9.71. The summed E-state index contributed by atoms with van der Waals surface area (Å²) in [6.45, 7) is 4.29. The number of rotatable bonds is 11. The standard InChI is InChI=1S/C26H34ClNO5S2/c1-4-6-12-26(13-7-5-2)17-28(20-10-8-19(27)9-11-20)21-14-23(34-3)22(33-16-25(29)30)15-24(21)35(31,32)18-26/h8-11,14-15H,4-7,12-13,16-18H2,1-3H3,(H,29,30). The van der Waals surface area contributed by atoms with Gasteiger partial charge in [-0.25, -0.2) is 13.2 Å². The van der Waals surface area contributed by atoms with Gasteiger partial charge in [-0.2, -0.15) is 0 Å². The molecule has 0 unspecified atom stereocenters. The molecule has 0 radical (unpaired) electrons. The molecule has 0 aliphatic carbocycles. The van der Waals surface area contributed by atoms with Gasteiger partial charge in [-0.15, -0.1) is 11.8 Å². The highest BCUT2D eigenvalue weighted by molar-refractivity contribution is 7.98. The van der Waals surface area contributed by atoms with E-state index in [0.717, 1.165) is 44.2 Å². The largest absolute Gasteiger partial charge is 0.481 e. The molecule has 1 aliphatic rings. The van der Waals surface area contributed by atoms with Crippen molar-refractivity contribution in [1.82, 2.24) is 0 Å². The molecule has 2 aromatic rings. The monoisotopic (exact) mass is 539 g/mol. The van der Waals surface area contributed by atoms with Crippen LogP contribution in [0.15, 0.2) is 46.2 Å². The molecule has 0 aromatic heterocycles. The summed E-state index contributed by atoms with van der Waals surface area (Å²) in [6.07, 6.45) is 7.38. The first kappa shape index (κ1) is 27.7. The van der Waals surface area contributed by atoms with Gasteiger partial charge in [-0.05, 0) is 49.4 Å². The number of halogens is 1. The number of hydrogen-bond acceptors (Lipinski definition) is 6. The molecule has 3 rings (SSSR count). The molecule has 1 heterocycles. The summed E-state index contributed by atoms with van der Waals surface area (Å²) < 4.78 is 33.4. The zero-order chi connectivity index (χ0) is 25.6. The van der Waals surface area contributed by atoms with Crippen LogP contribution >= 0.6 is 23.4 Å². The van der Waals surface area contributed by atoms with E-state index in [9.17, 15) is 13.2 Å². The van der Waals surface area contributed by atoms with Crippen LogP contribution in [-0.2, 0) is 14.6 Å². The number of benzene rings is 2. The molecule has 0 saturated carbocycles. The van der Waals surface area contributed by atoms with Crippen LogP contribution in [-0.4, -0.2) is 44.7 Å². The number of hydrogen-bond donors (Lipinski definition) is 1. The molecule has 0 bridgehead atoms. The van der Waals surface area contributed by atoms with E-state index >= 15 is 0 Å². The van der Waals surface area contributed by atoms with Crippen molar-refractivity contribution in [2.75, 3.05) is 30.1 Å². The molecule has 0 atom stereocenters. The van der Waals surface area contributed by atoms with E-state index in [-0.39, 0.29) is 16.4 Å². The van der Waals surface area contributed by atoms with Gasteiger partial charge in [0.25, 0.3) is 0 Å². The number of carboxylic acid groups (broad SMARTS) is 1. The van der Waals surface area contributed by atoms with Crippen molar-refractivity contribution >= 4 is 50.5 Å². The highest BCUT2D eigenvalue weighted by Gasteiger charge is 2.42. The molecular formula is C26H34ClNO5S2. The SMILES string of the molecule is CCCCC1(CCCC)CN(c2ccc(Cl)cc2)c2cc(SC)c(OCC(=O)O)cc2S(=O)(=O)C1. The quantitative estimate of drug-likeness (QED) is 0.314. The van der Waals surface area contributed by atoms with E-state index < -0.39 is 27.8 Å². The minimum atomic E-state index is -3.69. The predicted octanol–water partition coefficient (Wildman–Crippen LogP) is 6.82. The van der Waals surface area contributed by atoms with Crippen LogP contribution in [0.2, 0.25) is 5.02 Å². The van der Waals surface area contributed by atoms with Gasteiger partial charge < -0.3 is 14.7 Å². The lowest BCUT2D eigenvalue weighted by Gasteiger charge is -2.37. The van der Waals surface area contributed by atoms with Crippen LogP contribution in [0.25, 0.3) is 0 Å². The Balaban J connectivity index is 2.24. The lowest BCUT2D eigenvalue weighted by atomic mass is 9.79. The average Bonchev–Trinajstić information content (AvgIpc) is 2.92. The van der Waals surface area contributed by atoms with E-state index in [1.54, 1.807) is 0 Å². The molecular weight excluding hydrogens is 506 g/mol. The van der Waals surface area contributed by atoms with Crippen molar-refractivity contribution in [1.29, 1.82) is 0 Å². The van der Waals surface area contributed by atoms with Crippen molar-refractivity contribution in [3.8, 4) is 5.75 Å². The minimum absolute atomic E-state index is 0.0497. The van der Waals surface area contributed by atoms with E-state index in [1.165, 1.54) is 17.8 Å². The molecule has 9 heteroatoms. The number of carbonyl (C=O) groups is 1. The first-order valence-electron chi connectivity index (χ1n) is 12.0. The molecule has 0 spiro atoms. The van der Waals surface area contributed by atoms with Crippen molar-refractivity contribution in [3.05, 3.63) is 41.4 Å². The molecule has 0 amide bonds. The van der Waals surface area contributed by atoms with Crippen LogP contribution < -0.4 is 9.64 Å². The van der Waals surface area contributed by atoms with Crippen molar-refractivity contribution in [2.45, 2.75) is 62.2 Å². The maximum atomic E-state index is 13.9. The molecule has 0 saturated heterocycles. The van der Waals surface area contributed by atoms with E-state index in [1.807, 2.05) is 36.6 Å². The smallest absolute Gasteiger partial charge is 0.341 e. The average molecular weight is 540 g/mol. The van der Waals surface area contributed by atoms with Gasteiger partial charge in [0.15, 0.2) is 16.4 Å². The van der Waals surface area contributed by atoms with Gasteiger partial charge in [0.1, 0.15) is 5.75 Å². The third-order valence-electron chi connectivity index (χ3n) is 6.47. The third kappa shape index (κ3) is 6.66. The summed E-state index contributed by atoms with van der Waals surface area (Å²) in [6, 6.07) is 10.8. The Kier molecular flexibility index (Phi) is 9.40. The van der Waals surface area contributed by atoms with Crippen molar-refractivity contribution in [3.63, 3.8) is 0 Å². The molecule has 35 heavy (non-hydrogen) atoms. The number of ether oxygens (including phenoxy) is 1. The van der Waals surface area contributed by atoms with Crippen molar-refractivity contribution in [2.24, 2.45) is 5.41 Å². The number of unbranched alkanes of at least 4 members (excludes halogenated alkanes) is 2. The highest BCUT2D eigenvalue weighted by Crippen LogP contribution is 2.47. The topological polar surface area (TPSA) is 83.9 Å². The number of anilines is 2. The molecule has 6 nitrogen and oxygen atoms in total. The second-order valence-electron chi connectivity index (χ2n) is 9.18. The van der Waals surface area contributed by atoms with Gasteiger partial charge in [-0.3, -0.25) is 0 Å². The Morgan fingerprint density at radius 3 is 2.31 bits per heavy atom. The molecule has 1 aliphatic heterocycles. The van der Waals surface area contributed by atoms with Crippen LogP contribution in [0.4, 0.5) is 11.4 Å². The lowest BCUT2D eigenvalue weighted by molar-refractivity contribution is -0.139. The second kappa shape index (κ2) is 11.9. The summed E-state index contributed by atoms with van der Waals surface area (Å²) in [5.74, 6) is -0.794. The minimum Gasteiger partial charge on any atom is -0.481 e. The zero-order valence-corrected chi connectivity index (χ0v) is 22.9. The van der Waals surface area contributed by atoms with E-state index in [0.29, 0.717) is 22.2 Å². The van der Waals surface area contributed by atoms with Crippen LogP contribution in [0.5, 0.6) is 5.75 Å². The zero-order valence-electron chi connectivity index (χ0n) is 20.5. The van der Waals surface area contributed by atoms with E-state index in [2.05, 4.69) is 18.7 Å². The normalized spacial score (nSPS) is 16.4. The summed E-state index contributed by atoms with van der Waals surface area (Å²) in [5.41, 5.74) is 1.05. The fraction of sp³-hybridized carbons (Fsp3) is 0.500. The van der Waals surface area contributed by atoms with Crippen LogP contribution in [0, 0.1) is 5.41 Å². The summed E-state index contributed by atoms with van der Waals surface area (Å²) in [7, 11) is -3.69. The maximum Gasteiger partial charge on any atom is 0.341 e. The van der Waals surface area contributed by atoms with Crippen molar-refractivity contribution < 1.29 is 23.1 Å². The number of sulfone groups is 1. The second-order valence-corrected chi connectivity index (χ2v) is 12.4. The lowest BCUT2D eigenvalue weighted by Crippen LogP contribution is -2.38. The first-order chi connectivity index (χ1) is 16.6. The molecule has 192 valence electrons. The van der Waals surface area contributed by atoms with Gasteiger partial charge in [-0.1, -0.05) is 51.1 Å². The number of aliphatic carboxylic acids is 1. The molecule has 2 aromatic carbocycles. The molecule has 1 N–H and O–H groups in total. The van der Waals surface area contributed by atoms with Crippen LogP contribution in [0.3, 0.4) is 0 Å². The van der Waals surface area contributed by atoms with E-state index in [4.69, 9.17) is 21.4 Å². The van der Waals surface area contributed by atoms with Crippen LogP contribution in [0.1, 0.15) is 52.4 Å². The number of carboxylic acids is 1. The van der Waals surface area contributed by atoms with Gasteiger partial charge >= 0.3 is 5.97 Å². The highest BCUT2D eigenvalue weighted by atomic mass is 35.5. The van der Waals surface area contributed by atoms with Gasteiger partial charge in [0.05, 0.1) is 21.2 Å². The summed E-state index contributed by atoms with van der Waals surface area (Å²) in [4.78, 5) is 14.1. The van der Waals surface area contributed by atoms with Gasteiger partial charge in [0.2, 0.25) is 0 Å². The van der Waals surface area contributed by atoms with Gasteiger partial charge in [0, 0.05) is 28.7 Å². The number of fused-ring (bicyclic) bond motifs is 1. The fourth-order valence-electron chi connectivity index (χ4n) is 4.73. The number of nitrogens with zero attached hydrogens (tertiary/aromatic N) is 1. The first-order valence-corrected chi connectivity index (χ1v) is 15.2. The Labute approximate surface area is 217 Å². The number of thioether (sulfide) groups is 1.